The first-order valence-electron chi connectivity index (χ1n) is 8.41. The second-order valence-electron chi connectivity index (χ2n) is 6.24. The summed E-state index contributed by atoms with van der Waals surface area (Å²) >= 11 is 0. The fourth-order valence-electron chi connectivity index (χ4n) is 2.80. The lowest BCUT2D eigenvalue weighted by Gasteiger charge is -2.33. The predicted molar refractivity (Wildman–Crippen MR) is 99.0 cm³/mol. The van der Waals surface area contributed by atoms with Crippen molar-refractivity contribution < 1.29 is 27.5 Å². The maximum Gasteiger partial charge on any atom is 0.238 e. The van der Waals surface area contributed by atoms with E-state index >= 15 is 0 Å². The largest absolute Gasteiger partial charge is 0.493 e. The minimum Gasteiger partial charge on any atom is -0.493 e. The maximum atomic E-state index is 12.5. The second kappa shape index (κ2) is 9.05. The van der Waals surface area contributed by atoms with Crippen molar-refractivity contribution in [1.82, 2.24) is 14.1 Å². The van der Waals surface area contributed by atoms with Gasteiger partial charge in [-0.15, -0.1) is 0 Å². The Morgan fingerprint density at radius 1 is 1.15 bits per heavy atom. The fourth-order valence-corrected chi connectivity index (χ4v) is 3.53. The van der Waals surface area contributed by atoms with Gasteiger partial charge in [-0.25, -0.2) is 8.42 Å². The van der Waals surface area contributed by atoms with E-state index in [2.05, 4.69) is 0 Å². The van der Waals surface area contributed by atoms with Crippen LogP contribution in [0.2, 0.25) is 0 Å². The summed E-state index contributed by atoms with van der Waals surface area (Å²) in [6.07, 6.45) is 1.83. The van der Waals surface area contributed by atoms with Crippen LogP contribution in [-0.2, 0) is 26.2 Å². The van der Waals surface area contributed by atoms with E-state index in [1.54, 1.807) is 28.0 Å². The molecule has 1 fully saturated rings. The third-order valence-electron chi connectivity index (χ3n) is 4.40. The molecule has 0 bridgehead atoms. The van der Waals surface area contributed by atoms with E-state index in [9.17, 15) is 18.0 Å². The highest BCUT2D eigenvalue weighted by molar-refractivity contribution is 7.88. The standard InChI is InChI=1S/C17H25N3O6S/c1-25-15-5-4-14(10-16(15)26-2)11-20(27(3,23)24)12-17(22)19-8-6-18(13-21)7-9-19/h4-5,10,13H,6-9,11-12H2,1-3H3. The van der Waals surface area contributed by atoms with Crippen LogP contribution in [0.5, 0.6) is 11.5 Å². The molecule has 0 saturated carbocycles. The molecule has 1 aromatic carbocycles. The third-order valence-corrected chi connectivity index (χ3v) is 5.60. The zero-order valence-corrected chi connectivity index (χ0v) is 16.6. The van der Waals surface area contributed by atoms with Gasteiger partial charge < -0.3 is 19.3 Å². The molecule has 9 nitrogen and oxygen atoms in total. The Morgan fingerprint density at radius 2 is 1.78 bits per heavy atom. The van der Waals surface area contributed by atoms with Gasteiger partial charge in [-0.3, -0.25) is 9.59 Å². The van der Waals surface area contributed by atoms with Gasteiger partial charge in [-0.1, -0.05) is 6.07 Å². The molecule has 0 radical (unpaired) electrons. The third kappa shape index (κ3) is 5.57. The van der Waals surface area contributed by atoms with Crippen LogP contribution in [0.25, 0.3) is 0 Å². The summed E-state index contributed by atoms with van der Waals surface area (Å²) in [6.45, 7) is 1.47. The molecule has 1 aromatic rings. The zero-order valence-electron chi connectivity index (χ0n) is 15.8. The highest BCUT2D eigenvalue weighted by Gasteiger charge is 2.26. The van der Waals surface area contributed by atoms with Gasteiger partial charge in [0.2, 0.25) is 22.3 Å². The van der Waals surface area contributed by atoms with Crippen LogP contribution in [0, 0.1) is 0 Å². The number of piperazine rings is 1. The van der Waals surface area contributed by atoms with E-state index in [1.165, 1.54) is 14.2 Å². The van der Waals surface area contributed by atoms with E-state index in [-0.39, 0.29) is 19.0 Å². The van der Waals surface area contributed by atoms with Gasteiger partial charge >= 0.3 is 0 Å². The van der Waals surface area contributed by atoms with Crippen molar-refractivity contribution in [1.29, 1.82) is 0 Å². The van der Waals surface area contributed by atoms with Crippen LogP contribution in [-0.4, -0.2) is 88.0 Å². The van der Waals surface area contributed by atoms with Crippen LogP contribution in [0.15, 0.2) is 18.2 Å². The molecule has 0 aliphatic carbocycles. The Balaban J connectivity index is 2.10. The summed E-state index contributed by atoms with van der Waals surface area (Å²) < 4.78 is 35.9. The Kier molecular flexibility index (Phi) is 7.03. The van der Waals surface area contributed by atoms with Gasteiger partial charge in [-0.2, -0.15) is 4.31 Å². The number of carbonyl (C=O) groups excluding carboxylic acids is 2. The van der Waals surface area contributed by atoms with Crippen molar-refractivity contribution >= 4 is 22.3 Å². The molecule has 0 atom stereocenters. The number of amides is 2. The van der Waals surface area contributed by atoms with Crippen LogP contribution in [0.4, 0.5) is 0 Å². The SMILES string of the molecule is COc1ccc(CN(CC(=O)N2CCN(C=O)CC2)S(C)(=O)=O)cc1OC. The van der Waals surface area contributed by atoms with Gasteiger partial charge in [0, 0.05) is 32.7 Å². The Labute approximate surface area is 159 Å². The van der Waals surface area contributed by atoms with E-state index in [4.69, 9.17) is 9.47 Å². The molecule has 2 amide bonds. The fraction of sp³-hybridized carbons (Fsp3) is 0.529. The summed E-state index contributed by atoms with van der Waals surface area (Å²) in [6, 6.07) is 5.10. The second-order valence-corrected chi connectivity index (χ2v) is 8.22. The van der Waals surface area contributed by atoms with E-state index in [0.717, 1.165) is 17.0 Å². The first-order valence-corrected chi connectivity index (χ1v) is 10.3. The van der Waals surface area contributed by atoms with Crippen molar-refractivity contribution in [2.45, 2.75) is 6.54 Å². The lowest BCUT2D eigenvalue weighted by molar-refractivity contribution is -0.135. The number of hydrogen-bond donors (Lipinski definition) is 0. The van der Waals surface area contributed by atoms with Crippen LogP contribution >= 0.6 is 0 Å². The zero-order chi connectivity index (χ0) is 20.0. The van der Waals surface area contributed by atoms with Gasteiger partial charge in [0.05, 0.1) is 27.0 Å². The lowest BCUT2D eigenvalue weighted by Crippen LogP contribution is -2.51. The predicted octanol–water partition coefficient (Wildman–Crippen LogP) is -0.234. The summed E-state index contributed by atoms with van der Waals surface area (Å²) in [5.41, 5.74) is 0.677. The first kappa shape index (κ1) is 21.0. The molecule has 1 heterocycles. The minimum atomic E-state index is -3.60. The summed E-state index contributed by atoms with van der Waals surface area (Å²) in [4.78, 5) is 26.5. The lowest BCUT2D eigenvalue weighted by atomic mass is 10.2. The van der Waals surface area contributed by atoms with Crippen molar-refractivity contribution in [3.05, 3.63) is 23.8 Å². The van der Waals surface area contributed by atoms with Crippen molar-refractivity contribution in [3.8, 4) is 11.5 Å². The summed E-state index contributed by atoms with van der Waals surface area (Å²) in [7, 11) is -0.585. The molecule has 1 aliphatic rings. The molecule has 150 valence electrons. The number of ether oxygens (including phenoxy) is 2. The topological polar surface area (TPSA) is 96.5 Å². The molecule has 1 aliphatic heterocycles. The molecule has 1 saturated heterocycles. The Bertz CT molecular complexity index is 775. The van der Waals surface area contributed by atoms with E-state index in [0.29, 0.717) is 43.2 Å². The Hall–Kier alpha value is -2.33. The van der Waals surface area contributed by atoms with Crippen molar-refractivity contribution in [2.75, 3.05) is 53.2 Å². The number of nitrogens with zero attached hydrogens (tertiary/aromatic N) is 3. The van der Waals surface area contributed by atoms with Gasteiger partial charge in [0.15, 0.2) is 11.5 Å². The smallest absolute Gasteiger partial charge is 0.238 e. The number of methoxy groups -OCH3 is 2. The molecule has 0 N–H and O–H groups in total. The maximum absolute atomic E-state index is 12.5. The minimum absolute atomic E-state index is 0.0409. The average Bonchev–Trinajstić information content (AvgIpc) is 2.66. The summed E-state index contributed by atoms with van der Waals surface area (Å²) in [5, 5.41) is 0. The normalized spacial score (nSPS) is 15.0. The summed E-state index contributed by atoms with van der Waals surface area (Å²) in [5.74, 6) is 0.738. The number of carbonyl (C=O) groups is 2. The van der Waals surface area contributed by atoms with Crippen LogP contribution < -0.4 is 9.47 Å². The molecule has 0 unspecified atom stereocenters. The number of hydrogen-bond acceptors (Lipinski definition) is 6. The quantitative estimate of drug-likeness (QED) is 0.560. The Morgan fingerprint density at radius 3 is 2.30 bits per heavy atom. The average molecular weight is 399 g/mol. The molecular weight excluding hydrogens is 374 g/mol. The molecule has 0 aromatic heterocycles. The van der Waals surface area contributed by atoms with Gasteiger partial charge in [-0.05, 0) is 17.7 Å². The molecular formula is C17H25N3O6S. The van der Waals surface area contributed by atoms with Crippen LogP contribution in [0.1, 0.15) is 5.56 Å². The number of benzene rings is 1. The first-order chi connectivity index (χ1) is 12.8. The highest BCUT2D eigenvalue weighted by Crippen LogP contribution is 2.28. The highest BCUT2D eigenvalue weighted by atomic mass is 32.2. The van der Waals surface area contributed by atoms with E-state index in [1.807, 2.05) is 0 Å². The monoisotopic (exact) mass is 399 g/mol. The van der Waals surface area contributed by atoms with Crippen molar-refractivity contribution in [2.24, 2.45) is 0 Å². The molecule has 10 heteroatoms. The molecule has 2 rings (SSSR count). The number of sulfonamides is 1. The molecule has 0 spiro atoms. The molecule has 27 heavy (non-hydrogen) atoms. The number of rotatable bonds is 8. The van der Waals surface area contributed by atoms with Gasteiger partial charge in [0.1, 0.15) is 0 Å². The van der Waals surface area contributed by atoms with Crippen LogP contribution in [0.3, 0.4) is 0 Å². The van der Waals surface area contributed by atoms with Gasteiger partial charge in [0.25, 0.3) is 0 Å². The van der Waals surface area contributed by atoms with Crippen molar-refractivity contribution in [3.63, 3.8) is 0 Å². The van der Waals surface area contributed by atoms with E-state index < -0.39 is 10.0 Å².